The molecular weight excluding hydrogens is 270 g/mol. The van der Waals surface area contributed by atoms with Crippen LogP contribution >= 0.6 is 0 Å². The van der Waals surface area contributed by atoms with E-state index in [9.17, 15) is 4.79 Å². The summed E-state index contributed by atoms with van der Waals surface area (Å²) in [5.41, 5.74) is 0.926. The standard InChI is InChI=1S/C20H33NO/c1-6-16-20(7-2,8-3)19(21(9-4)10-5)18(22)17-14-12-11-13-15-17/h11-15,19H,6-10,16H2,1-5H3. The molecule has 2 heteroatoms. The molecule has 124 valence electrons. The van der Waals surface area contributed by atoms with Gasteiger partial charge in [0.05, 0.1) is 6.04 Å². The molecule has 0 saturated carbocycles. The summed E-state index contributed by atoms with van der Waals surface area (Å²) in [5.74, 6) is 0.293. The molecule has 0 heterocycles. The average Bonchev–Trinajstić information content (AvgIpc) is 2.58. The monoisotopic (exact) mass is 303 g/mol. The van der Waals surface area contributed by atoms with Crippen molar-refractivity contribution in [1.29, 1.82) is 0 Å². The van der Waals surface area contributed by atoms with Crippen LogP contribution in [-0.2, 0) is 0 Å². The summed E-state index contributed by atoms with van der Waals surface area (Å²) in [6.07, 6.45) is 4.34. The predicted molar refractivity (Wildman–Crippen MR) is 95.4 cm³/mol. The summed E-state index contributed by atoms with van der Waals surface area (Å²) >= 11 is 0. The zero-order valence-corrected chi connectivity index (χ0v) is 15.1. The number of nitrogens with zero attached hydrogens (tertiary/aromatic N) is 1. The fraction of sp³-hybridized carbons (Fsp3) is 0.650. The van der Waals surface area contributed by atoms with Crippen LogP contribution in [-0.4, -0.2) is 29.8 Å². The van der Waals surface area contributed by atoms with E-state index in [0.717, 1.165) is 44.3 Å². The van der Waals surface area contributed by atoms with Crippen molar-refractivity contribution in [2.75, 3.05) is 13.1 Å². The maximum Gasteiger partial charge on any atom is 0.180 e. The second kappa shape index (κ2) is 9.09. The van der Waals surface area contributed by atoms with Crippen LogP contribution in [0.1, 0.15) is 70.7 Å². The summed E-state index contributed by atoms with van der Waals surface area (Å²) in [6.45, 7) is 12.9. The molecule has 1 aromatic rings. The summed E-state index contributed by atoms with van der Waals surface area (Å²) < 4.78 is 0. The second-order valence-corrected chi connectivity index (χ2v) is 6.17. The Morgan fingerprint density at radius 2 is 1.55 bits per heavy atom. The second-order valence-electron chi connectivity index (χ2n) is 6.17. The molecule has 0 fully saturated rings. The topological polar surface area (TPSA) is 20.3 Å². The molecule has 0 spiro atoms. The van der Waals surface area contributed by atoms with Crippen molar-refractivity contribution < 1.29 is 4.79 Å². The first-order valence-electron chi connectivity index (χ1n) is 8.93. The summed E-state index contributed by atoms with van der Waals surface area (Å²) in [4.78, 5) is 15.7. The third-order valence-corrected chi connectivity index (χ3v) is 5.22. The number of likely N-dealkylation sites (N-methyl/N-ethyl adjacent to an activating group) is 1. The highest BCUT2D eigenvalue weighted by Gasteiger charge is 2.42. The number of hydrogen-bond acceptors (Lipinski definition) is 2. The lowest BCUT2D eigenvalue weighted by atomic mass is 9.69. The molecule has 1 aromatic carbocycles. The molecule has 0 radical (unpaired) electrons. The minimum atomic E-state index is -0.0140. The van der Waals surface area contributed by atoms with Crippen molar-refractivity contribution in [2.45, 2.75) is 66.3 Å². The Morgan fingerprint density at radius 1 is 1.00 bits per heavy atom. The largest absolute Gasteiger partial charge is 0.293 e. The predicted octanol–water partition coefficient (Wildman–Crippen LogP) is 5.19. The Balaban J connectivity index is 3.30. The average molecular weight is 303 g/mol. The SMILES string of the molecule is CCCC(CC)(CC)C(C(=O)c1ccccc1)N(CC)CC. The molecule has 0 aromatic heterocycles. The highest BCUT2D eigenvalue weighted by Crippen LogP contribution is 2.40. The van der Waals surface area contributed by atoms with Crippen LogP contribution in [0.25, 0.3) is 0 Å². The smallest absolute Gasteiger partial charge is 0.180 e. The Labute approximate surface area is 136 Å². The van der Waals surface area contributed by atoms with E-state index in [1.807, 2.05) is 30.3 Å². The van der Waals surface area contributed by atoms with E-state index in [4.69, 9.17) is 0 Å². The van der Waals surface area contributed by atoms with E-state index in [0.29, 0.717) is 5.78 Å². The molecule has 1 unspecified atom stereocenters. The third-order valence-electron chi connectivity index (χ3n) is 5.22. The molecule has 0 saturated heterocycles. The molecule has 0 bridgehead atoms. The zero-order chi connectivity index (χ0) is 16.6. The van der Waals surface area contributed by atoms with Crippen LogP contribution in [0.15, 0.2) is 30.3 Å². The van der Waals surface area contributed by atoms with Crippen molar-refractivity contribution in [3.63, 3.8) is 0 Å². The van der Waals surface area contributed by atoms with Gasteiger partial charge in [0, 0.05) is 5.56 Å². The van der Waals surface area contributed by atoms with Crippen molar-refractivity contribution in [1.82, 2.24) is 4.90 Å². The van der Waals surface area contributed by atoms with Gasteiger partial charge in [0.2, 0.25) is 0 Å². The number of rotatable bonds is 10. The minimum absolute atomic E-state index is 0.0140. The number of carbonyl (C=O) groups is 1. The van der Waals surface area contributed by atoms with Crippen LogP contribution in [0.4, 0.5) is 0 Å². The Kier molecular flexibility index (Phi) is 7.81. The van der Waals surface area contributed by atoms with Crippen molar-refractivity contribution >= 4 is 5.78 Å². The van der Waals surface area contributed by atoms with Gasteiger partial charge in [-0.25, -0.2) is 0 Å². The lowest BCUT2D eigenvalue weighted by Crippen LogP contribution is -2.52. The van der Waals surface area contributed by atoms with E-state index in [-0.39, 0.29) is 11.5 Å². The third kappa shape index (κ3) is 3.98. The molecule has 0 amide bonds. The first kappa shape index (κ1) is 18.9. The van der Waals surface area contributed by atoms with Gasteiger partial charge in [0.25, 0.3) is 0 Å². The van der Waals surface area contributed by atoms with Gasteiger partial charge in [0.15, 0.2) is 5.78 Å². The normalized spacial score (nSPS) is 13.4. The maximum absolute atomic E-state index is 13.3. The maximum atomic E-state index is 13.3. The van der Waals surface area contributed by atoms with Gasteiger partial charge in [-0.05, 0) is 37.8 Å². The Hall–Kier alpha value is -1.15. The first-order chi connectivity index (χ1) is 10.6. The molecule has 0 N–H and O–H groups in total. The van der Waals surface area contributed by atoms with Crippen LogP contribution in [0, 0.1) is 5.41 Å². The quantitative estimate of drug-likeness (QED) is 0.555. The lowest BCUT2D eigenvalue weighted by molar-refractivity contribution is 0.0403. The van der Waals surface area contributed by atoms with Crippen LogP contribution in [0.5, 0.6) is 0 Å². The lowest BCUT2D eigenvalue weighted by Gasteiger charge is -2.44. The van der Waals surface area contributed by atoms with Gasteiger partial charge in [-0.3, -0.25) is 9.69 Å². The summed E-state index contributed by atoms with van der Waals surface area (Å²) in [7, 11) is 0. The van der Waals surface area contributed by atoms with E-state index >= 15 is 0 Å². The fourth-order valence-corrected chi connectivity index (χ4v) is 3.81. The van der Waals surface area contributed by atoms with Crippen molar-refractivity contribution in [3.8, 4) is 0 Å². The fourth-order valence-electron chi connectivity index (χ4n) is 3.81. The number of hydrogen-bond donors (Lipinski definition) is 0. The molecular formula is C20H33NO. The number of benzene rings is 1. The van der Waals surface area contributed by atoms with Gasteiger partial charge < -0.3 is 0 Å². The molecule has 0 aliphatic carbocycles. The van der Waals surface area contributed by atoms with E-state index in [1.54, 1.807) is 0 Å². The molecule has 1 rings (SSSR count). The van der Waals surface area contributed by atoms with E-state index in [2.05, 4.69) is 39.5 Å². The number of ketones is 1. The van der Waals surface area contributed by atoms with E-state index in [1.165, 1.54) is 0 Å². The molecule has 22 heavy (non-hydrogen) atoms. The van der Waals surface area contributed by atoms with Gasteiger partial charge in [0.1, 0.15) is 0 Å². The molecule has 2 nitrogen and oxygen atoms in total. The van der Waals surface area contributed by atoms with Crippen molar-refractivity contribution in [3.05, 3.63) is 35.9 Å². The van der Waals surface area contributed by atoms with E-state index < -0.39 is 0 Å². The highest BCUT2D eigenvalue weighted by atomic mass is 16.1. The highest BCUT2D eigenvalue weighted by molar-refractivity contribution is 6.00. The van der Waals surface area contributed by atoms with Crippen LogP contribution in [0.3, 0.4) is 0 Å². The Morgan fingerprint density at radius 3 is 1.95 bits per heavy atom. The molecule has 1 atom stereocenters. The number of carbonyl (C=O) groups excluding carboxylic acids is 1. The molecule has 0 aliphatic heterocycles. The zero-order valence-electron chi connectivity index (χ0n) is 15.1. The van der Waals surface area contributed by atoms with Crippen molar-refractivity contribution in [2.24, 2.45) is 5.41 Å². The van der Waals surface area contributed by atoms with Gasteiger partial charge >= 0.3 is 0 Å². The summed E-state index contributed by atoms with van der Waals surface area (Å²) in [5, 5.41) is 0. The van der Waals surface area contributed by atoms with Gasteiger partial charge in [-0.15, -0.1) is 0 Å². The molecule has 0 aliphatic rings. The minimum Gasteiger partial charge on any atom is -0.293 e. The Bertz CT molecular complexity index is 432. The van der Waals surface area contributed by atoms with Gasteiger partial charge in [-0.2, -0.15) is 0 Å². The summed E-state index contributed by atoms with van der Waals surface area (Å²) in [6, 6.07) is 9.81. The van der Waals surface area contributed by atoms with Crippen LogP contribution in [0.2, 0.25) is 0 Å². The first-order valence-corrected chi connectivity index (χ1v) is 8.93. The van der Waals surface area contributed by atoms with Crippen LogP contribution < -0.4 is 0 Å². The van der Waals surface area contributed by atoms with Gasteiger partial charge in [-0.1, -0.05) is 71.4 Å². The number of Topliss-reactive ketones (excluding diaryl/α,β-unsaturated/α-hetero) is 1.